The first kappa shape index (κ1) is 36.5. The van der Waals surface area contributed by atoms with Crippen molar-refractivity contribution in [2.75, 3.05) is 0 Å². The van der Waals surface area contributed by atoms with Crippen LogP contribution in [0.3, 0.4) is 0 Å². The SMILES string of the molecule is CC(C)(C)c1cc(C(C)(C)c2ccc(O)c(C(C)(C)C)c2)ccc1O.CCc1cc(C(C)(C)c2ccc(O)c(CC)c2)ccc1O. The fourth-order valence-corrected chi connectivity index (χ4v) is 5.90. The van der Waals surface area contributed by atoms with Crippen LogP contribution < -0.4 is 0 Å². The summed E-state index contributed by atoms with van der Waals surface area (Å²) in [5, 5.41) is 40.2. The molecular formula is C42H56O4. The van der Waals surface area contributed by atoms with E-state index in [1.807, 2.05) is 38.1 Å². The van der Waals surface area contributed by atoms with Gasteiger partial charge in [-0.3, -0.25) is 0 Å². The lowest BCUT2D eigenvalue weighted by Gasteiger charge is -2.31. The molecule has 0 aliphatic heterocycles. The van der Waals surface area contributed by atoms with Crippen molar-refractivity contribution < 1.29 is 20.4 Å². The second-order valence-electron chi connectivity index (χ2n) is 15.6. The lowest BCUT2D eigenvalue weighted by molar-refractivity contribution is 0.444. The van der Waals surface area contributed by atoms with E-state index >= 15 is 0 Å². The van der Waals surface area contributed by atoms with Crippen LogP contribution in [0.1, 0.15) is 128 Å². The molecule has 0 fully saturated rings. The maximum absolute atomic E-state index is 10.3. The zero-order valence-electron chi connectivity index (χ0n) is 30.1. The average molecular weight is 625 g/mol. The van der Waals surface area contributed by atoms with E-state index in [-0.39, 0.29) is 21.7 Å². The van der Waals surface area contributed by atoms with E-state index in [4.69, 9.17) is 0 Å². The fraction of sp³-hybridized carbons (Fsp3) is 0.429. The summed E-state index contributed by atoms with van der Waals surface area (Å²) in [5.74, 6) is 1.40. The molecule has 0 amide bonds. The number of benzene rings is 4. The molecule has 0 aliphatic rings. The van der Waals surface area contributed by atoms with Gasteiger partial charge in [-0.2, -0.15) is 0 Å². The summed E-state index contributed by atoms with van der Waals surface area (Å²) in [7, 11) is 0. The van der Waals surface area contributed by atoms with Crippen LogP contribution in [0.5, 0.6) is 23.0 Å². The van der Waals surface area contributed by atoms with Crippen molar-refractivity contribution in [3.05, 3.63) is 117 Å². The Bertz CT molecular complexity index is 1540. The van der Waals surface area contributed by atoms with Gasteiger partial charge in [0.05, 0.1) is 0 Å². The van der Waals surface area contributed by atoms with Crippen LogP contribution in [-0.2, 0) is 34.5 Å². The van der Waals surface area contributed by atoms with E-state index < -0.39 is 0 Å². The van der Waals surface area contributed by atoms with Crippen molar-refractivity contribution in [1.29, 1.82) is 0 Å². The molecule has 4 nitrogen and oxygen atoms in total. The molecule has 4 aromatic carbocycles. The lowest BCUT2D eigenvalue weighted by atomic mass is 9.73. The van der Waals surface area contributed by atoms with Crippen LogP contribution in [0, 0.1) is 0 Å². The van der Waals surface area contributed by atoms with Crippen molar-refractivity contribution in [1.82, 2.24) is 0 Å². The highest BCUT2D eigenvalue weighted by atomic mass is 16.3. The van der Waals surface area contributed by atoms with Crippen LogP contribution in [0.4, 0.5) is 0 Å². The van der Waals surface area contributed by atoms with Gasteiger partial charge < -0.3 is 20.4 Å². The normalized spacial score (nSPS) is 12.4. The predicted octanol–water partition coefficient (Wildman–Crippen LogP) is 10.6. The minimum atomic E-state index is -0.235. The summed E-state index contributed by atoms with van der Waals surface area (Å²) in [6.07, 6.45) is 1.62. The summed E-state index contributed by atoms with van der Waals surface area (Å²) in [5.41, 5.74) is 7.84. The molecule has 248 valence electrons. The topological polar surface area (TPSA) is 80.9 Å². The maximum atomic E-state index is 10.3. The van der Waals surface area contributed by atoms with Crippen LogP contribution in [0.25, 0.3) is 0 Å². The highest BCUT2D eigenvalue weighted by Crippen LogP contribution is 2.41. The molecule has 0 radical (unpaired) electrons. The quantitative estimate of drug-likeness (QED) is 0.172. The number of hydrogen-bond donors (Lipinski definition) is 4. The molecule has 0 atom stereocenters. The highest BCUT2D eigenvalue weighted by Gasteiger charge is 2.29. The maximum Gasteiger partial charge on any atom is 0.119 e. The van der Waals surface area contributed by atoms with E-state index in [0.717, 1.165) is 46.2 Å². The molecule has 0 bridgehead atoms. The Hall–Kier alpha value is -3.92. The largest absolute Gasteiger partial charge is 0.508 e. The molecule has 0 unspecified atom stereocenters. The van der Waals surface area contributed by atoms with Gasteiger partial charge in [-0.05, 0) is 92.4 Å². The zero-order valence-corrected chi connectivity index (χ0v) is 30.1. The van der Waals surface area contributed by atoms with Crippen molar-refractivity contribution in [2.24, 2.45) is 0 Å². The second kappa shape index (κ2) is 13.4. The smallest absolute Gasteiger partial charge is 0.119 e. The van der Waals surface area contributed by atoms with Crippen molar-refractivity contribution in [2.45, 2.75) is 118 Å². The van der Waals surface area contributed by atoms with E-state index in [0.29, 0.717) is 23.0 Å². The highest BCUT2D eigenvalue weighted by molar-refractivity contribution is 5.50. The van der Waals surface area contributed by atoms with Gasteiger partial charge in [-0.1, -0.05) is 132 Å². The van der Waals surface area contributed by atoms with Crippen LogP contribution >= 0.6 is 0 Å². The van der Waals surface area contributed by atoms with Crippen molar-refractivity contribution in [3.8, 4) is 23.0 Å². The molecule has 0 saturated heterocycles. The first-order chi connectivity index (χ1) is 21.1. The Morgan fingerprint density at radius 2 is 0.652 bits per heavy atom. The Balaban J connectivity index is 0.000000254. The second-order valence-corrected chi connectivity index (χ2v) is 15.6. The molecule has 4 rings (SSSR count). The number of hydrogen-bond acceptors (Lipinski definition) is 4. The first-order valence-corrected chi connectivity index (χ1v) is 16.5. The van der Waals surface area contributed by atoms with Gasteiger partial charge in [0.15, 0.2) is 0 Å². The van der Waals surface area contributed by atoms with E-state index in [1.165, 1.54) is 11.1 Å². The van der Waals surface area contributed by atoms with Crippen LogP contribution in [0.2, 0.25) is 0 Å². The minimum absolute atomic E-state index is 0.123. The molecule has 0 spiro atoms. The molecule has 46 heavy (non-hydrogen) atoms. The number of phenolic OH excluding ortho intramolecular Hbond substituents is 4. The summed E-state index contributed by atoms with van der Waals surface area (Å²) in [6, 6.07) is 23.5. The third-order valence-corrected chi connectivity index (χ3v) is 9.42. The zero-order chi connectivity index (χ0) is 34.8. The molecular weight excluding hydrogens is 568 g/mol. The first-order valence-electron chi connectivity index (χ1n) is 16.5. The third kappa shape index (κ3) is 7.89. The van der Waals surface area contributed by atoms with Crippen molar-refractivity contribution >= 4 is 0 Å². The van der Waals surface area contributed by atoms with Crippen LogP contribution in [-0.4, -0.2) is 20.4 Å². The van der Waals surface area contributed by atoms with Gasteiger partial charge in [0, 0.05) is 10.8 Å². The van der Waals surface area contributed by atoms with Gasteiger partial charge >= 0.3 is 0 Å². The standard InChI is InChI=1S/C23H32O2.C19H24O2/c1-21(2,3)17-13-15(9-11-19(17)24)23(7,8)16-10-12-20(25)18(14-16)22(4,5)6;1-5-13-11-15(7-9-17(13)20)19(3,4)16-8-10-18(21)14(6-2)12-16/h9-14,24-25H,1-8H3;7-12,20-21H,5-6H2,1-4H3. The molecule has 4 N–H and O–H groups in total. The number of aryl methyl sites for hydroxylation is 2. The summed E-state index contributed by atoms with van der Waals surface area (Å²) >= 11 is 0. The van der Waals surface area contributed by atoms with Gasteiger partial charge in [0.1, 0.15) is 23.0 Å². The Labute approximate surface area is 277 Å². The van der Waals surface area contributed by atoms with Gasteiger partial charge in [-0.25, -0.2) is 0 Å². The van der Waals surface area contributed by atoms with Gasteiger partial charge in [0.25, 0.3) is 0 Å². The fourth-order valence-electron chi connectivity index (χ4n) is 5.90. The molecule has 0 aliphatic carbocycles. The molecule has 4 aromatic rings. The molecule has 0 aromatic heterocycles. The van der Waals surface area contributed by atoms with E-state index in [2.05, 4.69) is 93.5 Å². The third-order valence-electron chi connectivity index (χ3n) is 9.42. The monoisotopic (exact) mass is 624 g/mol. The molecule has 0 saturated carbocycles. The Morgan fingerprint density at radius 1 is 0.391 bits per heavy atom. The summed E-state index contributed by atoms with van der Waals surface area (Å²) < 4.78 is 0. The Kier molecular flexibility index (Phi) is 10.7. The van der Waals surface area contributed by atoms with E-state index in [9.17, 15) is 20.4 Å². The molecule has 4 heteroatoms. The molecule has 0 heterocycles. The Morgan fingerprint density at radius 3 is 0.913 bits per heavy atom. The van der Waals surface area contributed by atoms with E-state index in [1.54, 1.807) is 24.3 Å². The number of rotatable bonds is 6. The summed E-state index contributed by atoms with van der Waals surface area (Å²) in [6.45, 7) is 25.4. The predicted molar refractivity (Wildman–Crippen MR) is 193 cm³/mol. The number of phenols is 4. The number of aromatic hydroxyl groups is 4. The lowest BCUT2D eigenvalue weighted by Crippen LogP contribution is -2.22. The van der Waals surface area contributed by atoms with Crippen LogP contribution in [0.15, 0.2) is 72.8 Å². The average Bonchev–Trinajstić information content (AvgIpc) is 2.96. The van der Waals surface area contributed by atoms with Gasteiger partial charge in [-0.15, -0.1) is 0 Å². The summed E-state index contributed by atoms with van der Waals surface area (Å²) in [4.78, 5) is 0. The van der Waals surface area contributed by atoms with Crippen molar-refractivity contribution in [3.63, 3.8) is 0 Å². The van der Waals surface area contributed by atoms with Gasteiger partial charge in [0.2, 0.25) is 0 Å². The minimum Gasteiger partial charge on any atom is -0.508 e.